The van der Waals surface area contributed by atoms with E-state index in [9.17, 15) is 10.1 Å². The molecule has 27 heavy (non-hydrogen) atoms. The van der Waals surface area contributed by atoms with Gasteiger partial charge in [-0.3, -0.25) is 10.1 Å². The second-order valence-corrected chi connectivity index (χ2v) is 6.90. The van der Waals surface area contributed by atoms with E-state index in [1.54, 1.807) is 12.1 Å². The summed E-state index contributed by atoms with van der Waals surface area (Å²) < 4.78 is 7.69. The van der Waals surface area contributed by atoms with E-state index >= 15 is 0 Å². The zero-order valence-electron chi connectivity index (χ0n) is 15.2. The van der Waals surface area contributed by atoms with Crippen LogP contribution in [0, 0.1) is 10.1 Å². The summed E-state index contributed by atoms with van der Waals surface area (Å²) in [6.07, 6.45) is 0.999. The molecule has 0 aliphatic rings. The Labute approximate surface area is 161 Å². The van der Waals surface area contributed by atoms with Crippen LogP contribution in [0.25, 0.3) is 0 Å². The number of rotatable bonds is 8. The van der Waals surface area contributed by atoms with Crippen molar-refractivity contribution in [3.63, 3.8) is 0 Å². The number of benzene rings is 2. The fourth-order valence-electron chi connectivity index (χ4n) is 2.43. The van der Waals surface area contributed by atoms with Crippen molar-refractivity contribution in [3.8, 4) is 5.75 Å². The highest BCUT2D eigenvalue weighted by molar-refractivity contribution is 7.98. The number of nitro groups is 1. The van der Waals surface area contributed by atoms with E-state index in [0.29, 0.717) is 12.4 Å². The normalized spacial score (nSPS) is 10.7. The first-order valence-corrected chi connectivity index (χ1v) is 9.51. The molecular formula is C19H20N4O3S. The smallest absolute Gasteiger partial charge is 0.269 e. The molecule has 0 saturated heterocycles. The molecule has 0 bridgehead atoms. The molecule has 1 aromatic heterocycles. The molecule has 0 saturated carbocycles. The Morgan fingerprint density at radius 2 is 1.74 bits per heavy atom. The quantitative estimate of drug-likeness (QED) is 0.329. The van der Waals surface area contributed by atoms with Crippen LogP contribution in [0.1, 0.15) is 23.9 Å². The third-order valence-electron chi connectivity index (χ3n) is 4.14. The first-order chi connectivity index (χ1) is 13.1. The van der Waals surface area contributed by atoms with Gasteiger partial charge in [0.2, 0.25) is 0 Å². The molecule has 0 atom stereocenters. The molecule has 0 unspecified atom stereocenters. The molecule has 0 aliphatic heterocycles. The highest BCUT2D eigenvalue weighted by Gasteiger charge is 2.11. The fraction of sp³-hybridized carbons (Fsp3) is 0.263. The molecule has 0 radical (unpaired) electrons. The van der Waals surface area contributed by atoms with E-state index in [4.69, 9.17) is 4.74 Å². The van der Waals surface area contributed by atoms with Crippen molar-refractivity contribution in [1.82, 2.24) is 14.8 Å². The molecular weight excluding hydrogens is 364 g/mol. The summed E-state index contributed by atoms with van der Waals surface area (Å²) in [7, 11) is 1.90. The van der Waals surface area contributed by atoms with Gasteiger partial charge in [-0.25, -0.2) is 0 Å². The number of nitrogens with zero attached hydrogens (tertiary/aromatic N) is 4. The molecule has 2 aromatic carbocycles. The van der Waals surface area contributed by atoms with Crippen molar-refractivity contribution in [2.45, 2.75) is 30.9 Å². The number of aromatic nitrogens is 3. The minimum Gasteiger partial charge on any atom is -0.486 e. The second kappa shape index (κ2) is 8.68. The van der Waals surface area contributed by atoms with Crippen LogP contribution in [0.15, 0.2) is 53.7 Å². The summed E-state index contributed by atoms with van der Waals surface area (Å²) in [5, 5.41) is 19.9. The van der Waals surface area contributed by atoms with Crippen LogP contribution in [0.5, 0.6) is 5.75 Å². The minimum atomic E-state index is -0.401. The predicted molar refractivity (Wildman–Crippen MR) is 104 cm³/mol. The van der Waals surface area contributed by atoms with E-state index < -0.39 is 4.92 Å². The molecule has 8 heteroatoms. The van der Waals surface area contributed by atoms with Crippen molar-refractivity contribution in [3.05, 3.63) is 75.6 Å². The highest BCUT2D eigenvalue weighted by atomic mass is 32.2. The lowest BCUT2D eigenvalue weighted by atomic mass is 10.2. The topological polar surface area (TPSA) is 83.1 Å². The van der Waals surface area contributed by atoms with E-state index in [1.165, 1.54) is 29.5 Å². The lowest BCUT2D eigenvalue weighted by molar-refractivity contribution is -0.384. The Bertz CT molecular complexity index is 908. The first-order valence-electron chi connectivity index (χ1n) is 8.53. The maximum Gasteiger partial charge on any atom is 0.269 e. The molecule has 7 nitrogen and oxygen atoms in total. The second-order valence-electron chi connectivity index (χ2n) is 5.96. The van der Waals surface area contributed by atoms with Crippen molar-refractivity contribution in [2.75, 3.05) is 0 Å². The van der Waals surface area contributed by atoms with Crippen LogP contribution in [-0.4, -0.2) is 19.7 Å². The van der Waals surface area contributed by atoms with Gasteiger partial charge in [-0.1, -0.05) is 43.0 Å². The molecule has 140 valence electrons. The van der Waals surface area contributed by atoms with Gasteiger partial charge in [0.15, 0.2) is 11.0 Å². The van der Waals surface area contributed by atoms with Gasteiger partial charge in [0.05, 0.1) is 4.92 Å². The van der Waals surface area contributed by atoms with E-state index in [0.717, 1.165) is 28.7 Å². The number of non-ortho nitro benzene ring substituents is 1. The third kappa shape index (κ3) is 4.85. The number of ether oxygens (including phenoxy) is 1. The van der Waals surface area contributed by atoms with Gasteiger partial charge in [-0.15, -0.1) is 10.2 Å². The van der Waals surface area contributed by atoms with Crippen molar-refractivity contribution < 1.29 is 9.66 Å². The Hall–Kier alpha value is -2.87. The van der Waals surface area contributed by atoms with Gasteiger partial charge in [-0.05, 0) is 29.7 Å². The average molecular weight is 384 g/mol. The fourth-order valence-corrected chi connectivity index (χ4v) is 3.31. The molecule has 3 rings (SSSR count). The number of thioether (sulfide) groups is 1. The Balaban J connectivity index is 1.56. The number of hydrogen-bond donors (Lipinski definition) is 0. The van der Waals surface area contributed by atoms with E-state index in [2.05, 4.69) is 29.3 Å². The van der Waals surface area contributed by atoms with Crippen LogP contribution in [0.3, 0.4) is 0 Å². The van der Waals surface area contributed by atoms with Gasteiger partial charge in [0.25, 0.3) is 5.69 Å². The van der Waals surface area contributed by atoms with Gasteiger partial charge in [0, 0.05) is 24.9 Å². The number of hydrogen-bond acceptors (Lipinski definition) is 6. The van der Waals surface area contributed by atoms with Gasteiger partial charge in [-0.2, -0.15) is 0 Å². The zero-order chi connectivity index (χ0) is 19.2. The van der Waals surface area contributed by atoms with Crippen LogP contribution in [0.2, 0.25) is 0 Å². The Morgan fingerprint density at radius 1 is 1.07 bits per heavy atom. The highest BCUT2D eigenvalue weighted by Crippen LogP contribution is 2.23. The van der Waals surface area contributed by atoms with Gasteiger partial charge in [0.1, 0.15) is 12.4 Å². The molecule has 0 fully saturated rings. The zero-order valence-corrected chi connectivity index (χ0v) is 16.0. The number of nitro benzene ring substituents is 1. The van der Waals surface area contributed by atoms with Crippen LogP contribution in [0.4, 0.5) is 5.69 Å². The largest absolute Gasteiger partial charge is 0.486 e. The lowest BCUT2D eigenvalue weighted by Gasteiger charge is -2.07. The predicted octanol–water partition coefficient (Wildman–Crippen LogP) is 4.16. The maximum atomic E-state index is 10.7. The Kier molecular flexibility index (Phi) is 6.08. The summed E-state index contributed by atoms with van der Waals surface area (Å²) in [6, 6.07) is 14.6. The number of aryl methyl sites for hydroxylation is 1. The average Bonchev–Trinajstić information content (AvgIpc) is 3.05. The molecule has 0 N–H and O–H groups in total. The van der Waals surface area contributed by atoms with Crippen LogP contribution < -0.4 is 4.74 Å². The van der Waals surface area contributed by atoms with E-state index in [1.807, 2.05) is 23.7 Å². The van der Waals surface area contributed by atoms with Gasteiger partial charge >= 0.3 is 0 Å². The van der Waals surface area contributed by atoms with Crippen LogP contribution in [-0.2, 0) is 25.8 Å². The summed E-state index contributed by atoms with van der Waals surface area (Å²) in [5.41, 5.74) is 2.35. The standard InChI is InChI=1S/C19H20N4O3S/c1-3-14-6-10-17(11-7-14)26-12-18-20-21-19(22(18)2)27-13-15-4-8-16(9-5-15)23(24)25/h4-11H,3,12-13H2,1-2H3. The summed E-state index contributed by atoms with van der Waals surface area (Å²) in [5.74, 6) is 2.19. The van der Waals surface area contributed by atoms with Crippen molar-refractivity contribution >= 4 is 17.4 Å². The summed E-state index contributed by atoms with van der Waals surface area (Å²) >= 11 is 1.53. The SMILES string of the molecule is CCc1ccc(OCc2nnc(SCc3ccc([N+](=O)[O-])cc3)n2C)cc1. The third-order valence-corrected chi connectivity index (χ3v) is 5.23. The van der Waals surface area contributed by atoms with E-state index in [-0.39, 0.29) is 5.69 Å². The monoisotopic (exact) mass is 384 g/mol. The van der Waals surface area contributed by atoms with Crippen molar-refractivity contribution in [1.29, 1.82) is 0 Å². The lowest BCUT2D eigenvalue weighted by Crippen LogP contribution is -2.04. The van der Waals surface area contributed by atoms with Crippen molar-refractivity contribution in [2.24, 2.45) is 7.05 Å². The minimum absolute atomic E-state index is 0.0915. The summed E-state index contributed by atoms with van der Waals surface area (Å²) in [6.45, 7) is 2.46. The molecule has 1 heterocycles. The Morgan fingerprint density at radius 3 is 2.37 bits per heavy atom. The van der Waals surface area contributed by atoms with Gasteiger partial charge < -0.3 is 9.30 Å². The molecule has 0 aliphatic carbocycles. The molecule has 3 aromatic rings. The molecule has 0 spiro atoms. The maximum absolute atomic E-state index is 10.7. The van der Waals surface area contributed by atoms with Crippen LogP contribution >= 0.6 is 11.8 Å². The summed E-state index contributed by atoms with van der Waals surface area (Å²) in [4.78, 5) is 10.3. The first kappa shape index (κ1) is 18.9. The molecule has 0 amide bonds.